The molecule has 4 aromatic rings. The second-order valence-electron chi connectivity index (χ2n) is 8.83. The minimum atomic E-state index is -4.91. The van der Waals surface area contributed by atoms with E-state index in [-0.39, 0.29) is 11.3 Å². The molecule has 3 heterocycles. The number of phenolic OH excluding ortho intramolecular Hbond substituents is 1. The van der Waals surface area contributed by atoms with Gasteiger partial charge in [0.1, 0.15) is 12.1 Å². The van der Waals surface area contributed by atoms with Gasteiger partial charge in [0, 0.05) is 41.3 Å². The van der Waals surface area contributed by atoms with Crippen LogP contribution in [0.4, 0.5) is 13.2 Å². The Morgan fingerprint density at radius 2 is 1.67 bits per heavy atom. The topological polar surface area (TPSA) is 84.1 Å². The molecule has 0 aliphatic heterocycles. The average molecular weight is 456 g/mol. The Labute approximate surface area is 188 Å². The van der Waals surface area contributed by atoms with Crippen molar-refractivity contribution in [1.29, 1.82) is 0 Å². The van der Waals surface area contributed by atoms with Crippen LogP contribution in [-0.2, 0) is 12.0 Å². The number of aromatic nitrogens is 4. The molecular formula is C24H23F3N4O2. The van der Waals surface area contributed by atoms with Crippen molar-refractivity contribution in [3.05, 3.63) is 73.2 Å². The summed E-state index contributed by atoms with van der Waals surface area (Å²) in [5, 5.41) is 22.2. The number of phenols is 1. The average Bonchev–Trinajstić information content (AvgIpc) is 3.16. The summed E-state index contributed by atoms with van der Waals surface area (Å²) in [4.78, 5) is 11.9. The van der Waals surface area contributed by atoms with Gasteiger partial charge in [-0.15, -0.1) is 0 Å². The molecule has 1 atom stereocenters. The maximum atomic E-state index is 14.2. The molecule has 1 unspecified atom stereocenters. The lowest BCUT2D eigenvalue weighted by molar-refractivity contribution is -0.271. The maximum absolute atomic E-state index is 14.2. The van der Waals surface area contributed by atoms with Gasteiger partial charge < -0.3 is 14.8 Å². The van der Waals surface area contributed by atoms with Crippen molar-refractivity contribution >= 4 is 10.9 Å². The van der Waals surface area contributed by atoms with E-state index < -0.39 is 30.2 Å². The molecule has 0 aliphatic carbocycles. The second-order valence-corrected chi connectivity index (χ2v) is 8.83. The SMILES string of the molecule is CC(C)(CC(O)(Cn1ccc2ccncc21)C(F)(F)F)c1cc(-c2cncnc2)ccc1O. The number of nitrogens with zero attached hydrogens (tertiary/aromatic N) is 4. The van der Waals surface area contributed by atoms with Crippen LogP contribution >= 0.6 is 0 Å². The van der Waals surface area contributed by atoms with Crippen LogP contribution in [0.2, 0.25) is 0 Å². The van der Waals surface area contributed by atoms with Crippen molar-refractivity contribution in [2.45, 2.75) is 44.0 Å². The Bertz CT molecular complexity index is 1270. The molecule has 0 fully saturated rings. The van der Waals surface area contributed by atoms with Gasteiger partial charge in [-0.25, -0.2) is 9.97 Å². The third kappa shape index (κ3) is 4.41. The third-order valence-corrected chi connectivity index (χ3v) is 5.89. The van der Waals surface area contributed by atoms with Gasteiger partial charge >= 0.3 is 6.18 Å². The van der Waals surface area contributed by atoms with Crippen LogP contribution in [0.15, 0.2) is 67.6 Å². The Hall–Kier alpha value is -3.46. The Kier molecular flexibility index (Phi) is 5.61. The molecule has 33 heavy (non-hydrogen) atoms. The monoisotopic (exact) mass is 456 g/mol. The lowest BCUT2D eigenvalue weighted by Gasteiger charge is -2.38. The van der Waals surface area contributed by atoms with Crippen LogP contribution in [0.3, 0.4) is 0 Å². The minimum Gasteiger partial charge on any atom is -0.508 e. The number of alkyl halides is 3. The van der Waals surface area contributed by atoms with Crippen molar-refractivity contribution in [2.24, 2.45) is 0 Å². The van der Waals surface area contributed by atoms with E-state index in [1.807, 2.05) is 0 Å². The highest BCUT2D eigenvalue weighted by Gasteiger charge is 2.56. The van der Waals surface area contributed by atoms with E-state index in [0.717, 1.165) is 5.39 Å². The molecule has 0 aliphatic rings. The van der Waals surface area contributed by atoms with E-state index in [0.29, 0.717) is 16.6 Å². The number of benzene rings is 1. The number of fused-ring (bicyclic) bond motifs is 1. The molecule has 4 rings (SSSR count). The van der Waals surface area contributed by atoms with Gasteiger partial charge in [0.05, 0.1) is 18.3 Å². The van der Waals surface area contributed by atoms with Crippen LogP contribution in [-0.4, -0.2) is 41.5 Å². The summed E-state index contributed by atoms with van der Waals surface area (Å²) in [7, 11) is 0. The summed E-state index contributed by atoms with van der Waals surface area (Å²) in [6.07, 6.45) is 3.46. The number of halogens is 3. The van der Waals surface area contributed by atoms with E-state index in [2.05, 4.69) is 15.0 Å². The Morgan fingerprint density at radius 1 is 0.939 bits per heavy atom. The van der Waals surface area contributed by atoms with E-state index in [9.17, 15) is 23.4 Å². The Morgan fingerprint density at radius 3 is 2.36 bits per heavy atom. The first-order valence-electron chi connectivity index (χ1n) is 10.3. The summed E-state index contributed by atoms with van der Waals surface area (Å²) in [6.45, 7) is 2.43. The fourth-order valence-corrected chi connectivity index (χ4v) is 4.23. The van der Waals surface area contributed by atoms with Crippen LogP contribution in [0.5, 0.6) is 5.75 Å². The molecule has 3 aromatic heterocycles. The highest BCUT2D eigenvalue weighted by molar-refractivity contribution is 5.78. The van der Waals surface area contributed by atoms with Crippen molar-refractivity contribution in [3.8, 4) is 16.9 Å². The molecule has 0 saturated carbocycles. The molecule has 0 bridgehead atoms. The molecular weight excluding hydrogens is 433 g/mol. The number of hydrogen-bond acceptors (Lipinski definition) is 5. The van der Waals surface area contributed by atoms with Gasteiger partial charge in [-0.2, -0.15) is 13.2 Å². The molecule has 0 radical (unpaired) electrons. The van der Waals surface area contributed by atoms with Crippen LogP contribution in [0.25, 0.3) is 22.0 Å². The number of rotatable bonds is 6. The molecule has 2 N–H and O–H groups in total. The van der Waals surface area contributed by atoms with Crippen molar-refractivity contribution in [1.82, 2.24) is 19.5 Å². The van der Waals surface area contributed by atoms with Gasteiger partial charge in [-0.1, -0.05) is 19.9 Å². The third-order valence-electron chi connectivity index (χ3n) is 5.89. The van der Waals surface area contributed by atoms with Crippen molar-refractivity contribution < 1.29 is 23.4 Å². The van der Waals surface area contributed by atoms with E-state index in [1.54, 1.807) is 56.7 Å². The normalized spacial score (nSPS) is 14.4. The molecule has 9 heteroatoms. The van der Waals surface area contributed by atoms with Gasteiger partial charge in [-0.05, 0) is 41.7 Å². The fourth-order valence-electron chi connectivity index (χ4n) is 4.23. The zero-order valence-electron chi connectivity index (χ0n) is 18.1. The first-order chi connectivity index (χ1) is 15.5. The van der Waals surface area contributed by atoms with Gasteiger partial charge in [0.25, 0.3) is 0 Å². The second kappa shape index (κ2) is 8.15. The Balaban J connectivity index is 1.72. The number of hydrogen-bond donors (Lipinski definition) is 2. The van der Waals surface area contributed by atoms with Crippen LogP contribution in [0, 0.1) is 0 Å². The first kappa shape index (κ1) is 22.7. The zero-order valence-corrected chi connectivity index (χ0v) is 18.1. The maximum Gasteiger partial charge on any atom is 0.418 e. The molecule has 0 amide bonds. The lowest BCUT2D eigenvalue weighted by Crippen LogP contribution is -2.52. The smallest absolute Gasteiger partial charge is 0.418 e. The van der Waals surface area contributed by atoms with Gasteiger partial charge in [-0.3, -0.25) is 4.98 Å². The molecule has 0 saturated heterocycles. The highest BCUT2D eigenvalue weighted by atomic mass is 19.4. The molecule has 6 nitrogen and oxygen atoms in total. The summed E-state index contributed by atoms with van der Waals surface area (Å²) in [6, 6.07) is 8.05. The van der Waals surface area contributed by atoms with Crippen LogP contribution < -0.4 is 0 Å². The van der Waals surface area contributed by atoms with Crippen molar-refractivity contribution in [3.63, 3.8) is 0 Å². The first-order valence-corrected chi connectivity index (χ1v) is 10.3. The standard InChI is InChI=1S/C24H23F3N4O2/c1-22(2,19-9-17(3-4-21(19)32)18-10-29-15-30-11-18)13-23(33,24(25,26)27)14-31-8-6-16-5-7-28-12-20(16)31/h3-12,15,32-33H,13-14H2,1-2H3. The van der Waals surface area contributed by atoms with Crippen LogP contribution in [0.1, 0.15) is 25.8 Å². The summed E-state index contributed by atoms with van der Waals surface area (Å²) >= 11 is 0. The van der Waals surface area contributed by atoms with Gasteiger partial charge in [0.2, 0.25) is 0 Å². The number of aromatic hydroxyl groups is 1. The van der Waals surface area contributed by atoms with Gasteiger partial charge in [0.15, 0.2) is 5.60 Å². The predicted molar refractivity (Wildman–Crippen MR) is 118 cm³/mol. The summed E-state index contributed by atoms with van der Waals surface area (Å²) in [5.41, 5.74) is -2.21. The fraction of sp³-hybridized carbons (Fsp3) is 0.292. The van der Waals surface area contributed by atoms with Crippen molar-refractivity contribution in [2.75, 3.05) is 0 Å². The largest absolute Gasteiger partial charge is 0.508 e. The van der Waals surface area contributed by atoms with E-state index >= 15 is 0 Å². The van der Waals surface area contributed by atoms with E-state index in [4.69, 9.17) is 0 Å². The number of pyridine rings is 1. The quantitative estimate of drug-likeness (QED) is 0.433. The summed E-state index contributed by atoms with van der Waals surface area (Å²) < 4.78 is 44.0. The lowest BCUT2D eigenvalue weighted by atomic mass is 9.74. The molecule has 172 valence electrons. The minimum absolute atomic E-state index is 0.152. The van der Waals surface area contributed by atoms with E-state index in [1.165, 1.54) is 29.4 Å². The molecule has 1 aromatic carbocycles. The highest BCUT2D eigenvalue weighted by Crippen LogP contribution is 2.45. The zero-order chi connectivity index (χ0) is 23.9. The molecule has 0 spiro atoms. The predicted octanol–water partition coefficient (Wildman–Crippen LogP) is 4.86. The summed E-state index contributed by atoms with van der Waals surface area (Å²) in [5.74, 6) is -0.152. The number of aliphatic hydroxyl groups is 1.